The summed E-state index contributed by atoms with van der Waals surface area (Å²) < 4.78 is 135. The molecular formula is C46H41F9N6O3S. The van der Waals surface area contributed by atoms with Gasteiger partial charge in [0, 0.05) is 36.3 Å². The number of nitrogens with one attached hydrogen (secondary N) is 4. The Morgan fingerprint density at radius 2 is 1.62 bits per heavy atom. The maximum atomic E-state index is 14.0. The Bertz CT molecular complexity index is 2590. The number of thiocarbonyl (C=S) groups is 1. The maximum Gasteiger partial charge on any atom is 0.416 e. The lowest BCUT2D eigenvalue weighted by atomic mass is 9.73. The number of carbonyl (C=O) groups excluding carboxylic acids is 1. The van der Waals surface area contributed by atoms with Crippen molar-refractivity contribution in [3.8, 4) is 11.5 Å². The van der Waals surface area contributed by atoms with E-state index in [2.05, 4.69) is 32.4 Å². The van der Waals surface area contributed by atoms with E-state index in [0.29, 0.717) is 23.7 Å². The first-order valence-electron chi connectivity index (χ1n) is 20.5. The van der Waals surface area contributed by atoms with Crippen molar-refractivity contribution in [1.29, 1.82) is 0 Å². The summed E-state index contributed by atoms with van der Waals surface area (Å²) in [4.78, 5) is 20.2. The summed E-state index contributed by atoms with van der Waals surface area (Å²) in [5, 5.41) is 12.1. The number of halogens is 9. The molecule has 2 bridgehead atoms. The van der Waals surface area contributed by atoms with Crippen LogP contribution in [0.4, 0.5) is 55.7 Å². The van der Waals surface area contributed by atoms with Crippen LogP contribution in [0, 0.1) is 11.8 Å². The van der Waals surface area contributed by atoms with Crippen LogP contribution in [0.5, 0.6) is 11.5 Å². The third-order valence-corrected chi connectivity index (χ3v) is 12.5. The molecule has 4 heterocycles. The van der Waals surface area contributed by atoms with Crippen LogP contribution in [0.25, 0.3) is 10.9 Å². The zero-order chi connectivity index (χ0) is 46.4. The van der Waals surface area contributed by atoms with E-state index in [1.807, 2.05) is 53.9 Å². The number of pyridine rings is 1. The molecule has 5 aromatic rings. The Balaban J connectivity index is 1.08. The normalized spacial score (nSPS) is 22.1. The molecule has 3 saturated heterocycles. The van der Waals surface area contributed by atoms with Gasteiger partial charge >= 0.3 is 24.6 Å². The average molecular weight is 929 g/mol. The van der Waals surface area contributed by atoms with Crippen molar-refractivity contribution in [3.63, 3.8) is 0 Å². The summed E-state index contributed by atoms with van der Waals surface area (Å²) in [5.74, 6) is 1.12. The lowest BCUT2D eigenvalue weighted by Crippen LogP contribution is -2.58. The zero-order valence-electron chi connectivity index (χ0n) is 34.4. The fraction of sp³-hybridized carbons (Fsp3) is 0.326. The molecule has 2 amide bonds. The minimum atomic E-state index is -5.22. The van der Waals surface area contributed by atoms with Gasteiger partial charge in [-0.05, 0) is 121 Å². The number of anilines is 2. The van der Waals surface area contributed by atoms with E-state index in [1.165, 1.54) is 0 Å². The molecule has 1 aromatic heterocycles. The monoisotopic (exact) mass is 928 g/mol. The first-order chi connectivity index (χ1) is 30.8. The lowest BCUT2D eigenvalue weighted by molar-refractivity contribution is -0.143. The van der Waals surface area contributed by atoms with Crippen LogP contribution < -0.4 is 30.7 Å². The third-order valence-electron chi connectivity index (χ3n) is 12.3. The minimum absolute atomic E-state index is 0.00678. The highest BCUT2D eigenvalue weighted by atomic mass is 32.1. The van der Waals surface area contributed by atoms with Gasteiger partial charge in [0.1, 0.15) is 17.6 Å². The summed E-state index contributed by atoms with van der Waals surface area (Å²) >= 11 is 6.07. The van der Waals surface area contributed by atoms with E-state index < -0.39 is 64.8 Å². The van der Waals surface area contributed by atoms with E-state index in [1.54, 1.807) is 19.4 Å². The number of urea groups is 1. The van der Waals surface area contributed by atoms with Crippen LogP contribution in [0.2, 0.25) is 0 Å². The zero-order valence-corrected chi connectivity index (χ0v) is 35.2. The van der Waals surface area contributed by atoms with Gasteiger partial charge in [0.25, 0.3) is 0 Å². The summed E-state index contributed by atoms with van der Waals surface area (Å²) in [5.41, 5.74) is -2.81. The van der Waals surface area contributed by atoms with Crippen LogP contribution in [0.1, 0.15) is 58.3 Å². The Hall–Kier alpha value is -6.08. The molecule has 9 nitrogen and oxygen atoms in total. The predicted molar refractivity (Wildman–Crippen MR) is 230 cm³/mol. The fourth-order valence-electron chi connectivity index (χ4n) is 9.19. The molecule has 1 aliphatic carbocycles. The first kappa shape index (κ1) is 45.5. The number of aromatic nitrogens is 1. The molecule has 19 heteroatoms. The topological polar surface area (TPSA) is 99.8 Å². The molecule has 0 spiro atoms. The van der Waals surface area contributed by atoms with Gasteiger partial charge in [-0.25, -0.2) is 4.79 Å². The molecule has 65 heavy (non-hydrogen) atoms. The van der Waals surface area contributed by atoms with Gasteiger partial charge in [0.05, 0.1) is 47.1 Å². The van der Waals surface area contributed by atoms with E-state index >= 15 is 0 Å². The van der Waals surface area contributed by atoms with Gasteiger partial charge in [-0.2, -0.15) is 39.5 Å². The first-order valence-corrected chi connectivity index (χ1v) is 20.9. The summed E-state index contributed by atoms with van der Waals surface area (Å²) in [7, 11) is 1.58. The van der Waals surface area contributed by atoms with Crippen molar-refractivity contribution in [2.75, 3.05) is 30.8 Å². The number of carbonyl (C=O) groups is 1. The van der Waals surface area contributed by atoms with E-state index in [9.17, 15) is 44.3 Å². The highest BCUT2D eigenvalue weighted by Crippen LogP contribution is 2.44. The molecule has 3 aliphatic heterocycles. The molecular weight excluding hydrogens is 888 g/mol. The Kier molecular flexibility index (Phi) is 12.4. The van der Waals surface area contributed by atoms with Crippen LogP contribution in [0.3, 0.4) is 0 Å². The second kappa shape index (κ2) is 17.7. The number of fused-ring (bicyclic) bond motifs is 5. The van der Waals surface area contributed by atoms with Crippen molar-refractivity contribution >= 4 is 45.6 Å². The molecule has 342 valence electrons. The Labute approximate surface area is 372 Å². The summed E-state index contributed by atoms with van der Waals surface area (Å²) in [6, 6.07) is 15.1. The molecule has 1 unspecified atom stereocenters. The number of ether oxygens (including phenoxy) is 2. The maximum absolute atomic E-state index is 14.0. The highest BCUT2D eigenvalue weighted by Gasteiger charge is 2.44. The summed E-state index contributed by atoms with van der Waals surface area (Å²) in [6.07, 6.45) is -10.3. The molecule has 0 saturated carbocycles. The number of hydrogen-bond acceptors (Lipinski definition) is 6. The largest absolute Gasteiger partial charge is 0.497 e. The standard InChI is InChI=1S/C46H41F9N6O3S/c1-3-24-23-61-15-13-25(24)16-37(61)40(33-12-14-56-35-10-9-31(63-2)22-34(33)35)59-43(65)60-41-32-7-5-4-6-26(32)17-39(41)64-38-11-8-27(44(47,48)49)21-36(38)58-42(62)57-30-19-28(45(50,51)52)18-29(20-30)46(53,54)55/h3-12,14,18-22,24-25,37,39-41H,1,13,15-17,23H2,2H3,(H2,57,58,62)(H2,59,60,65)/t24-,25-,37+,39+,40+,41-/m0/s1. The van der Waals surface area contributed by atoms with Gasteiger partial charge in [0.2, 0.25) is 0 Å². The van der Waals surface area contributed by atoms with Crippen LogP contribution >= 0.6 is 12.2 Å². The van der Waals surface area contributed by atoms with E-state index in [-0.39, 0.29) is 47.6 Å². The Morgan fingerprint density at radius 3 is 2.28 bits per heavy atom. The van der Waals surface area contributed by atoms with Gasteiger partial charge in [0.15, 0.2) is 5.11 Å². The number of rotatable bonds is 10. The number of alkyl halides is 9. The fourth-order valence-corrected chi connectivity index (χ4v) is 9.45. The quantitative estimate of drug-likeness (QED) is 0.0624. The van der Waals surface area contributed by atoms with Gasteiger partial charge in [-0.3, -0.25) is 9.88 Å². The molecule has 3 fully saturated rings. The SMILES string of the molecule is C=C[C@H]1CN2CC[C@H]1C[C@@H]2[C@H](NC(=S)N[C@H]1c2ccccc2C[C@H]1Oc1ccc(C(F)(F)F)cc1NC(=O)Nc1cc(C(F)(F)F)cc(C(F)(F)F)c1)c1ccnc2ccc(OC)cc12. The van der Waals surface area contributed by atoms with E-state index in [4.69, 9.17) is 21.7 Å². The number of piperidine rings is 3. The van der Waals surface area contributed by atoms with E-state index in [0.717, 1.165) is 65.7 Å². The number of benzene rings is 4. The molecule has 0 radical (unpaired) electrons. The molecule has 7 atom stereocenters. The van der Waals surface area contributed by atoms with Gasteiger partial charge in [-0.15, -0.1) is 6.58 Å². The van der Waals surface area contributed by atoms with Gasteiger partial charge < -0.3 is 30.7 Å². The second-order valence-corrected chi connectivity index (χ2v) is 16.7. The van der Waals surface area contributed by atoms with Crippen molar-refractivity contribution in [2.24, 2.45) is 11.8 Å². The number of methoxy groups -OCH3 is 1. The average Bonchev–Trinajstić information content (AvgIpc) is 3.60. The summed E-state index contributed by atoms with van der Waals surface area (Å²) in [6.45, 7) is 5.78. The molecule has 4 N–H and O–H groups in total. The third kappa shape index (κ3) is 9.80. The van der Waals surface area contributed by atoms with Crippen LogP contribution in [0.15, 0.2) is 104 Å². The van der Waals surface area contributed by atoms with Crippen LogP contribution in [-0.2, 0) is 24.9 Å². The molecule has 9 rings (SSSR count). The van der Waals surface area contributed by atoms with Crippen LogP contribution in [-0.4, -0.2) is 53.4 Å². The van der Waals surface area contributed by atoms with Crippen molar-refractivity contribution in [3.05, 3.63) is 137 Å². The predicted octanol–water partition coefficient (Wildman–Crippen LogP) is 11.1. The number of amides is 2. The lowest BCUT2D eigenvalue weighted by Gasteiger charge is -2.52. The second-order valence-electron chi connectivity index (χ2n) is 16.2. The Morgan fingerprint density at radius 1 is 0.892 bits per heavy atom. The van der Waals surface area contributed by atoms with Crippen molar-refractivity contribution in [2.45, 2.75) is 62.0 Å². The number of hydrogen-bond donors (Lipinski definition) is 4. The highest BCUT2D eigenvalue weighted by molar-refractivity contribution is 7.80. The van der Waals surface area contributed by atoms with Crippen molar-refractivity contribution < 1.29 is 53.8 Å². The minimum Gasteiger partial charge on any atom is -0.497 e. The number of nitrogens with zero attached hydrogens (tertiary/aromatic N) is 2. The molecule has 4 aromatic carbocycles. The smallest absolute Gasteiger partial charge is 0.416 e. The van der Waals surface area contributed by atoms with Gasteiger partial charge in [-0.1, -0.05) is 30.3 Å². The van der Waals surface area contributed by atoms with Crippen molar-refractivity contribution in [1.82, 2.24) is 20.5 Å². The molecule has 4 aliphatic rings.